The van der Waals surface area contributed by atoms with Crippen LogP contribution in [0, 0.1) is 0 Å². The number of para-hydroxylation sites is 2. The van der Waals surface area contributed by atoms with E-state index in [9.17, 15) is 4.79 Å². The zero-order valence-electron chi connectivity index (χ0n) is 13.3. The minimum atomic E-state index is 0.0673. The topological polar surface area (TPSA) is 67.6 Å². The summed E-state index contributed by atoms with van der Waals surface area (Å²) in [7, 11) is 1.66. The van der Waals surface area contributed by atoms with Crippen LogP contribution >= 0.6 is 0 Å². The number of benzene rings is 1. The first-order valence-corrected chi connectivity index (χ1v) is 7.46. The number of nitrogens with two attached hydrogens (primary N) is 1. The van der Waals surface area contributed by atoms with Crippen molar-refractivity contribution in [2.45, 2.75) is 32.7 Å². The Bertz CT molecular complexity index is 435. The molecular weight excluding hydrogens is 266 g/mol. The largest absolute Gasteiger partial charge is 0.495 e. The first kappa shape index (κ1) is 17.3. The Morgan fingerprint density at radius 2 is 2.05 bits per heavy atom. The van der Waals surface area contributed by atoms with E-state index in [0.717, 1.165) is 24.4 Å². The van der Waals surface area contributed by atoms with Crippen molar-refractivity contribution in [3.8, 4) is 5.75 Å². The maximum atomic E-state index is 11.8. The van der Waals surface area contributed by atoms with E-state index >= 15 is 0 Å². The average Bonchev–Trinajstić information content (AvgIpc) is 2.46. The molecule has 1 aromatic rings. The maximum absolute atomic E-state index is 11.8. The van der Waals surface area contributed by atoms with E-state index < -0.39 is 0 Å². The fraction of sp³-hybridized carbons (Fsp3) is 0.562. The molecule has 0 radical (unpaired) electrons. The fourth-order valence-corrected chi connectivity index (χ4v) is 2.16. The predicted octanol–water partition coefficient (Wildman–Crippen LogP) is 1.77. The molecule has 0 spiro atoms. The molecule has 5 heteroatoms. The van der Waals surface area contributed by atoms with E-state index in [1.54, 1.807) is 7.11 Å². The maximum Gasteiger partial charge on any atom is 0.221 e. The van der Waals surface area contributed by atoms with Gasteiger partial charge in [-0.15, -0.1) is 0 Å². The van der Waals surface area contributed by atoms with Gasteiger partial charge in [0.05, 0.1) is 12.8 Å². The van der Waals surface area contributed by atoms with Gasteiger partial charge in [-0.2, -0.15) is 0 Å². The third-order valence-electron chi connectivity index (χ3n) is 3.12. The molecule has 1 aromatic carbocycles. The van der Waals surface area contributed by atoms with Crippen molar-refractivity contribution in [2.24, 2.45) is 5.73 Å². The lowest BCUT2D eigenvalue weighted by Gasteiger charge is -2.26. The number of nitrogens with zero attached hydrogens (tertiary/aromatic N) is 1. The van der Waals surface area contributed by atoms with Crippen molar-refractivity contribution in [3.63, 3.8) is 0 Å². The van der Waals surface area contributed by atoms with Crippen molar-refractivity contribution in [2.75, 3.05) is 31.6 Å². The van der Waals surface area contributed by atoms with Crippen molar-refractivity contribution in [1.82, 2.24) is 5.32 Å². The molecule has 5 nitrogen and oxygen atoms in total. The first-order valence-electron chi connectivity index (χ1n) is 7.46. The number of methoxy groups -OCH3 is 1. The quantitative estimate of drug-likeness (QED) is 0.728. The van der Waals surface area contributed by atoms with Crippen LogP contribution in [-0.4, -0.2) is 38.7 Å². The van der Waals surface area contributed by atoms with Gasteiger partial charge >= 0.3 is 0 Å². The van der Waals surface area contributed by atoms with Crippen LogP contribution in [0.4, 0.5) is 5.69 Å². The van der Waals surface area contributed by atoms with E-state index in [1.807, 2.05) is 38.1 Å². The Labute approximate surface area is 127 Å². The van der Waals surface area contributed by atoms with E-state index in [1.165, 1.54) is 0 Å². The minimum absolute atomic E-state index is 0.0673. The molecule has 1 amide bonds. The minimum Gasteiger partial charge on any atom is -0.495 e. The molecule has 3 N–H and O–H groups in total. The summed E-state index contributed by atoms with van der Waals surface area (Å²) in [6.07, 6.45) is 1.34. The number of nitrogens with one attached hydrogen (secondary N) is 1. The van der Waals surface area contributed by atoms with Crippen LogP contribution in [0.15, 0.2) is 24.3 Å². The van der Waals surface area contributed by atoms with Gasteiger partial charge in [0, 0.05) is 25.6 Å². The van der Waals surface area contributed by atoms with Crippen LogP contribution in [-0.2, 0) is 4.79 Å². The Kier molecular flexibility index (Phi) is 7.61. The molecule has 0 saturated heterocycles. The molecule has 0 bridgehead atoms. The van der Waals surface area contributed by atoms with Crippen LogP contribution in [0.25, 0.3) is 0 Å². The summed E-state index contributed by atoms with van der Waals surface area (Å²) in [5.41, 5.74) is 6.62. The number of hydrogen-bond acceptors (Lipinski definition) is 4. The summed E-state index contributed by atoms with van der Waals surface area (Å²) >= 11 is 0. The molecule has 118 valence electrons. The lowest BCUT2D eigenvalue weighted by atomic mass is 10.2. The second-order valence-electron chi connectivity index (χ2n) is 5.27. The van der Waals surface area contributed by atoms with E-state index in [2.05, 4.69) is 10.2 Å². The zero-order valence-corrected chi connectivity index (χ0v) is 13.3. The van der Waals surface area contributed by atoms with Crippen LogP contribution in [0.2, 0.25) is 0 Å². The second kappa shape index (κ2) is 9.23. The number of hydrogen-bond donors (Lipinski definition) is 2. The van der Waals surface area contributed by atoms with E-state index in [0.29, 0.717) is 19.5 Å². The molecule has 0 aliphatic rings. The Hall–Kier alpha value is -1.75. The molecule has 0 heterocycles. The number of carbonyl (C=O) groups is 1. The highest BCUT2D eigenvalue weighted by atomic mass is 16.5. The van der Waals surface area contributed by atoms with Gasteiger partial charge in [-0.3, -0.25) is 4.79 Å². The van der Waals surface area contributed by atoms with Gasteiger partial charge in [0.2, 0.25) is 5.91 Å². The second-order valence-corrected chi connectivity index (χ2v) is 5.27. The molecule has 0 fully saturated rings. The molecule has 0 aliphatic heterocycles. The van der Waals surface area contributed by atoms with Gasteiger partial charge in [0.25, 0.3) is 0 Å². The van der Waals surface area contributed by atoms with Gasteiger partial charge in [-0.1, -0.05) is 12.1 Å². The average molecular weight is 293 g/mol. The SMILES string of the molecule is COc1ccccc1N(CCCN)CCC(=O)NC(C)C. The summed E-state index contributed by atoms with van der Waals surface area (Å²) in [6, 6.07) is 8.02. The smallest absolute Gasteiger partial charge is 0.221 e. The third kappa shape index (κ3) is 6.04. The Morgan fingerprint density at radius 3 is 2.67 bits per heavy atom. The molecule has 0 saturated carbocycles. The highest BCUT2D eigenvalue weighted by Gasteiger charge is 2.13. The normalized spacial score (nSPS) is 10.5. The summed E-state index contributed by atoms with van der Waals surface area (Å²) in [5.74, 6) is 0.886. The number of anilines is 1. The van der Waals surface area contributed by atoms with Crippen molar-refractivity contribution in [1.29, 1.82) is 0 Å². The summed E-state index contributed by atoms with van der Waals surface area (Å²) in [4.78, 5) is 14.0. The first-order chi connectivity index (χ1) is 10.1. The van der Waals surface area contributed by atoms with Crippen LogP contribution < -0.4 is 20.7 Å². The molecule has 0 atom stereocenters. The van der Waals surface area contributed by atoms with Gasteiger partial charge in [-0.25, -0.2) is 0 Å². The monoisotopic (exact) mass is 293 g/mol. The standard InChI is InChI=1S/C16H27N3O2/c1-13(2)18-16(20)9-12-19(11-6-10-17)14-7-4-5-8-15(14)21-3/h4-5,7-8,13H,6,9-12,17H2,1-3H3,(H,18,20). The molecule has 21 heavy (non-hydrogen) atoms. The summed E-state index contributed by atoms with van der Waals surface area (Å²) in [6.45, 7) is 6.02. The van der Waals surface area contributed by atoms with Crippen molar-refractivity contribution in [3.05, 3.63) is 24.3 Å². The van der Waals surface area contributed by atoms with Gasteiger partial charge in [0.1, 0.15) is 5.75 Å². The van der Waals surface area contributed by atoms with Crippen molar-refractivity contribution < 1.29 is 9.53 Å². The highest BCUT2D eigenvalue weighted by molar-refractivity contribution is 5.77. The van der Waals surface area contributed by atoms with Gasteiger partial charge in [-0.05, 0) is 38.9 Å². The van der Waals surface area contributed by atoms with Gasteiger partial charge < -0.3 is 20.7 Å². The Morgan fingerprint density at radius 1 is 1.33 bits per heavy atom. The van der Waals surface area contributed by atoms with E-state index in [-0.39, 0.29) is 11.9 Å². The van der Waals surface area contributed by atoms with Gasteiger partial charge in [0.15, 0.2) is 0 Å². The molecule has 1 rings (SSSR count). The lowest BCUT2D eigenvalue weighted by molar-refractivity contribution is -0.121. The fourth-order valence-electron chi connectivity index (χ4n) is 2.16. The van der Waals surface area contributed by atoms with Crippen LogP contribution in [0.3, 0.4) is 0 Å². The van der Waals surface area contributed by atoms with Crippen LogP contribution in [0.5, 0.6) is 5.75 Å². The number of carbonyl (C=O) groups excluding carboxylic acids is 1. The zero-order chi connectivity index (χ0) is 15.7. The lowest BCUT2D eigenvalue weighted by Crippen LogP contribution is -2.35. The molecular formula is C16H27N3O2. The number of amides is 1. The molecule has 0 unspecified atom stereocenters. The van der Waals surface area contributed by atoms with E-state index in [4.69, 9.17) is 10.5 Å². The molecule has 0 aliphatic carbocycles. The van der Waals surface area contributed by atoms with Crippen molar-refractivity contribution >= 4 is 11.6 Å². The summed E-state index contributed by atoms with van der Waals surface area (Å²) < 4.78 is 5.40. The van der Waals surface area contributed by atoms with Crippen LogP contribution in [0.1, 0.15) is 26.7 Å². The Balaban J connectivity index is 2.73. The number of rotatable bonds is 9. The third-order valence-corrected chi connectivity index (χ3v) is 3.12. The predicted molar refractivity (Wildman–Crippen MR) is 86.8 cm³/mol. The molecule has 0 aromatic heterocycles. The number of ether oxygens (including phenoxy) is 1. The summed E-state index contributed by atoms with van der Waals surface area (Å²) in [5, 5.41) is 2.91. The highest BCUT2D eigenvalue weighted by Crippen LogP contribution is 2.27.